The molecule has 4 fully saturated rings. The first-order valence-corrected chi connectivity index (χ1v) is 19.8. The van der Waals surface area contributed by atoms with Gasteiger partial charge in [-0.1, -0.05) is 110 Å². The lowest BCUT2D eigenvalue weighted by molar-refractivity contribution is -0.164. The number of nitrogens with zero attached hydrogens (tertiary/aromatic N) is 4. The van der Waals surface area contributed by atoms with Crippen molar-refractivity contribution in [3.63, 3.8) is 0 Å². The highest BCUT2D eigenvalue weighted by Gasteiger charge is 2.58. The predicted octanol–water partition coefficient (Wildman–Crippen LogP) is 6.22. The number of cyclic esters (lactones) is 1. The molecule has 4 saturated heterocycles. The van der Waals surface area contributed by atoms with Gasteiger partial charge in [0.25, 0.3) is 0 Å². The molecule has 0 spiro atoms. The highest BCUT2D eigenvalue weighted by atomic mass is 16.6. The Balaban J connectivity index is 1.13. The molecular weight excluding hydrogens is 679 g/mol. The van der Waals surface area contributed by atoms with E-state index in [4.69, 9.17) is 4.74 Å². The van der Waals surface area contributed by atoms with E-state index in [-0.39, 0.29) is 30.9 Å². The SMILES string of the molecule is C[C@@H](NC(=O)[C@@H](CC(=O)N1CCC(CCN2CCCCC2)CC1)N1C(=O)[C@@H](N2C(=O)OC[C@@H]2c2ccccc2)[C@H]1C=Cc1ccccc1)c1ccccc1. The standard InChI is InChI=1S/C44H53N5O5/c1-32(35-16-8-3-9-17-35)45-42(51)38(30-40(50)47-28-23-34(24-29-47)22-27-46-25-12-5-13-26-46)48-37(21-20-33-14-6-2-7-15-33)41(43(48)52)49-39(31-54-44(49)53)36-18-10-4-11-19-36/h2-4,6-11,14-21,32,34,37-39,41H,5,12-13,22-31H2,1H3,(H,45,51)/t32-,37-,38-,39-,41+/m1/s1. The summed E-state index contributed by atoms with van der Waals surface area (Å²) in [6, 6.07) is 25.4. The van der Waals surface area contributed by atoms with Crippen LogP contribution in [0.2, 0.25) is 0 Å². The summed E-state index contributed by atoms with van der Waals surface area (Å²) in [7, 11) is 0. The average molecular weight is 732 g/mol. The van der Waals surface area contributed by atoms with Crippen LogP contribution < -0.4 is 5.32 Å². The van der Waals surface area contributed by atoms with Gasteiger partial charge in [0.15, 0.2) is 0 Å². The van der Waals surface area contributed by atoms with Crippen molar-refractivity contribution >= 4 is 29.9 Å². The van der Waals surface area contributed by atoms with E-state index >= 15 is 0 Å². The largest absolute Gasteiger partial charge is 0.447 e. The molecule has 7 rings (SSSR count). The van der Waals surface area contributed by atoms with Gasteiger partial charge in [-0.2, -0.15) is 0 Å². The maximum Gasteiger partial charge on any atom is 0.411 e. The summed E-state index contributed by atoms with van der Waals surface area (Å²) < 4.78 is 5.55. The zero-order valence-electron chi connectivity index (χ0n) is 31.3. The smallest absolute Gasteiger partial charge is 0.411 e. The normalized spacial score (nSPS) is 23.6. The number of hydrogen-bond acceptors (Lipinski definition) is 6. The van der Waals surface area contributed by atoms with Gasteiger partial charge in [-0.3, -0.25) is 19.3 Å². The van der Waals surface area contributed by atoms with Gasteiger partial charge in [-0.15, -0.1) is 0 Å². The number of benzene rings is 3. The Morgan fingerprint density at radius 3 is 2.19 bits per heavy atom. The highest BCUT2D eigenvalue weighted by molar-refractivity contribution is 5.99. The van der Waals surface area contributed by atoms with E-state index < -0.39 is 36.2 Å². The molecule has 1 N–H and O–H groups in total. The van der Waals surface area contributed by atoms with Crippen LogP contribution in [0.4, 0.5) is 4.79 Å². The number of rotatable bonds is 13. The molecule has 4 aliphatic heterocycles. The van der Waals surface area contributed by atoms with Gasteiger partial charge in [-0.05, 0) is 81.3 Å². The molecule has 0 aromatic heterocycles. The van der Waals surface area contributed by atoms with Crippen LogP contribution in [0.3, 0.4) is 0 Å². The molecule has 0 saturated carbocycles. The number of nitrogens with one attached hydrogen (secondary N) is 1. The van der Waals surface area contributed by atoms with Crippen molar-refractivity contribution < 1.29 is 23.9 Å². The number of ether oxygens (including phenoxy) is 1. The molecule has 4 heterocycles. The summed E-state index contributed by atoms with van der Waals surface area (Å²) >= 11 is 0. The second-order valence-electron chi connectivity index (χ2n) is 15.2. The van der Waals surface area contributed by atoms with Crippen LogP contribution in [0.1, 0.15) is 80.6 Å². The first kappa shape index (κ1) is 37.4. The van der Waals surface area contributed by atoms with Crippen LogP contribution >= 0.6 is 0 Å². The molecule has 10 heteroatoms. The minimum absolute atomic E-state index is 0.118. The summed E-state index contributed by atoms with van der Waals surface area (Å²) in [5.41, 5.74) is 2.69. The highest BCUT2D eigenvalue weighted by Crippen LogP contribution is 2.39. The van der Waals surface area contributed by atoms with E-state index in [2.05, 4.69) is 10.2 Å². The number of carbonyl (C=O) groups excluding carboxylic acids is 4. The minimum atomic E-state index is -1.08. The number of hydrogen-bond donors (Lipinski definition) is 1. The van der Waals surface area contributed by atoms with Crippen molar-refractivity contribution in [3.05, 3.63) is 114 Å². The van der Waals surface area contributed by atoms with Crippen LogP contribution in [0.15, 0.2) is 97.1 Å². The van der Waals surface area contributed by atoms with E-state index in [9.17, 15) is 19.2 Å². The van der Waals surface area contributed by atoms with Crippen LogP contribution in [-0.2, 0) is 19.1 Å². The van der Waals surface area contributed by atoms with Crippen molar-refractivity contribution in [1.29, 1.82) is 0 Å². The molecule has 284 valence electrons. The fourth-order valence-electron chi connectivity index (χ4n) is 8.57. The molecule has 3 aromatic rings. The van der Waals surface area contributed by atoms with E-state index in [0.717, 1.165) is 42.5 Å². The van der Waals surface area contributed by atoms with Crippen molar-refractivity contribution in [2.24, 2.45) is 5.92 Å². The minimum Gasteiger partial charge on any atom is -0.447 e. The van der Waals surface area contributed by atoms with Crippen LogP contribution in [0.25, 0.3) is 6.08 Å². The molecule has 4 amide bonds. The third kappa shape index (κ3) is 8.54. The predicted molar refractivity (Wildman–Crippen MR) is 208 cm³/mol. The molecule has 54 heavy (non-hydrogen) atoms. The maximum atomic E-state index is 14.5. The first-order chi connectivity index (χ1) is 26.4. The second-order valence-corrected chi connectivity index (χ2v) is 15.2. The lowest BCUT2D eigenvalue weighted by Crippen LogP contribution is -2.74. The Bertz CT molecular complexity index is 1760. The third-order valence-electron chi connectivity index (χ3n) is 11.8. The maximum absolute atomic E-state index is 14.5. The summed E-state index contributed by atoms with van der Waals surface area (Å²) in [5, 5.41) is 3.11. The van der Waals surface area contributed by atoms with Crippen LogP contribution in [-0.4, -0.2) is 101 Å². The zero-order valence-corrected chi connectivity index (χ0v) is 31.3. The molecule has 0 aliphatic carbocycles. The summed E-state index contributed by atoms with van der Waals surface area (Å²) in [5.74, 6) is -0.342. The van der Waals surface area contributed by atoms with Gasteiger partial charge in [0.1, 0.15) is 18.7 Å². The van der Waals surface area contributed by atoms with Gasteiger partial charge in [-0.25, -0.2) is 4.79 Å². The van der Waals surface area contributed by atoms with E-state index in [0.29, 0.717) is 19.0 Å². The number of β-lactam (4-membered cyclic amide) rings is 1. The Labute approximate surface area is 319 Å². The molecule has 5 atom stereocenters. The van der Waals surface area contributed by atoms with Crippen molar-refractivity contribution in [1.82, 2.24) is 24.9 Å². The van der Waals surface area contributed by atoms with Crippen LogP contribution in [0, 0.1) is 5.92 Å². The number of likely N-dealkylation sites (tertiary alicyclic amines) is 3. The van der Waals surface area contributed by atoms with Gasteiger partial charge >= 0.3 is 6.09 Å². The summed E-state index contributed by atoms with van der Waals surface area (Å²) in [6.07, 6.45) is 9.99. The molecular formula is C44H53N5O5. The summed E-state index contributed by atoms with van der Waals surface area (Å²) in [6.45, 7) is 6.80. The topological polar surface area (TPSA) is 103 Å². The average Bonchev–Trinajstić information content (AvgIpc) is 3.59. The molecule has 10 nitrogen and oxygen atoms in total. The lowest BCUT2D eigenvalue weighted by atomic mass is 9.87. The number of piperidine rings is 2. The molecule has 0 unspecified atom stereocenters. The quantitative estimate of drug-likeness (QED) is 0.210. The molecule has 0 bridgehead atoms. The van der Waals surface area contributed by atoms with Crippen molar-refractivity contribution in [2.45, 2.75) is 82.1 Å². The first-order valence-electron chi connectivity index (χ1n) is 19.8. The Morgan fingerprint density at radius 2 is 1.50 bits per heavy atom. The monoisotopic (exact) mass is 731 g/mol. The fraction of sp³-hybridized carbons (Fsp3) is 0.455. The molecule has 0 radical (unpaired) electrons. The Kier molecular flexibility index (Phi) is 12.1. The third-order valence-corrected chi connectivity index (χ3v) is 11.8. The van der Waals surface area contributed by atoms with Crippen molar-refractivity contribution in [3.8, 4) is 0 Å². The zero-order chi connectivity index (χ0) is 37.4. The van der Waals surface area contributed by atoms with E-state index in [1.807, 2.05) is 115 Å². The van der Waals surface area contributed by atoms with Crippen molar-refractivity contribution in [2.75, 3.05) is 39.3 Å². The lowest BCUT2D eigenvalue weighted by Gasteiger charge is -2.52. The van der Waals surface area contributed by atoms with Gasteiger partial charge in [0.2, 0.25) is 17.7 Å². The number of amides is 4. The fourth-order valence-corrected chi connectivity index (χ4v) is 8.57. The molecule has 4 aliphatic rings. The molecule has 3 aromatic carbocycles. The van der Waals surface area contributed by atoms with Crippen LogP contribution in [0.5, 0.6) is 0 Å². The van der Waals surface area contributed by atoms with E-state index in [1.165, 1.54) is 42.2 Å². The van der Waals surface area contributed by atoms with Gasteiger partial charge in [0, 0.05) is 13.1 Å². The second kappa shape index (κ2) is 17.5. The Morgan fingerprint density at radius 1 is 0.852 bits per heavy atom. The summed E-state index contributed by atoms with van der Waals surface area (Å²) in [4.78, 5) is 63.9. The number of carbonyl (C=O) groups is 4. The Hall–Kier alpha value is -4.96. The van der Waals surface area contributed by atoms with Gasteiger partial charge < -0.3 is 24.8 Å². The van der Waals surface area contributed by atoms with Gasteiger partial charge in [0.05, 0.1) is 24.5 Å². The van der Waals surface area contributed by atoms with E-state index in [1.54, 1.807) is 0 Å².